The fourth-order valence-electron chi connectivity index (χ4n) is 0.789. The van der Waals surface area contributed by atoms with Crippen LogP contribution >= 0.6 is 11.8 Å². The number of urea groups is 1. The van der Waals surface area contributed by atoms with Crippen molar-refractivity contribution in [3.63, 3.8) is 0 Å². The molecule has 0 aromatic carbocycles. The third kappa shape index (κ3) is 5.11. The van der Waals surface area contributed by atoms with E-state index in [0.29, 0.717) is 0 Å². The van der Waals surface area contributed by atoms with Crippen molar-refractivity contribution in [3.05, 3.63) is 0 Å². The van der Waals surface area contributed by atoms with Crippen LogP contribution < -0.4 is 22.2 Å². The highest BCUT2D eigenvalue weighted by Gasteiger charge is 2.23. The first-order valence-electron chi connectivity index (χ1n) is 4.38. The Hall–Kier alpha value is -1.44. The van der Waals surface area contributed by atoms with E-state index >= 15 is 0 Å². The lowest BCUT2D eigenvalue weighted by Crippen LogP contribution is -2.41. The zero-order chi connectivity index (χ0) is 11.3. The zero-order valence-electron chi connectivity index (χ0n) is 8.03. The van der Waals surface area contributed by atoms with E-state index in [9.17, 15) is 9.59 Å². The van der Waals surface area contributed by atoms with Crippen LogP contribution in [0.25, 0.3) is 0 Å². The molecule has 0 saturated heterocycles. The van der Waals surface area contributed by atoms with Crippen molar-refractivity contribution in [2.24, 2.45) is 16.7 Å². The normalized spacial score (nSPS) is 15.9. The number of hydrogen-bond acceptors (Lipinski definition) is 5. The van der Waals surface area contributed by atoms with E-state index in [1.54, 1.807) is 0 Å². The second-order valence-electron chi connectivity index (χ2n) is 3.05. The molecule has 15 heavy (non-hydrogen) atoms. The number of rotatable bonds is 3. The van der Waals surface area contributed by atoms with Crippen molar-refractivity contribution in [2.75, 3.05) is 5.75 Å². The molecule has 0 bridgehead atoms. The molecule has 84 valence electrons. The number of nitrogens with two attached hydrogens (primary N) is 2. The number of nitrogens with zero attached hydrogens (tertiary/aromatic N) is 1. The number of amidine groups is 1. The van der Waals surface area contributed by atoms with Gasteiger partial charge >= 0.3 is 6.03 Å². The minimum absolute atomic E-state index is 0.0185. The summed E-state index contributed by atoms with van der Waals surface area (Å²) >= 11 is 0.972. The van der Waals surface area contributed by atoms with Gasteiger partial charge in [0, 0.05) is 6.04 Å². The molecule has 1 aliphatic carbocycles. The molecule has 0 unspecified atom stereocenters. The molecule has 0 radical (unpaired) electrons. The standard InChI is InChI=1S/C7H13N5O2S/c8-6(12-9)15-3-5(13)11-7(14)10-4-1-2-4/h4H,1-3,9H2,(H2,8,12)(H2,10,11,13,14). The number of nitrogens with one attached hydrogen (secondary N) is 2. The first-order chi connectivity index (χ1) is 7.11. The molecular formula is C7H13N5O2S. The van der Waals surface area contributed by atoms with E-state index in [1.165, 1.54) is 0 Å². The van der Waals surface area contributed by atoms with Crippen LogP contribution in [0, 0.1) is 0 Å². The molecule has 0 aromatic rings. The van der Waals surface area contributed by atoms with Gasteiger partial charge in [0.1, 0.15) is 0 Å². The summed E-state index contributed by atoms with van der Waals surface area (Å²) in [6.07, 6.45) is 1.95. The second kappa shape index (κ2) is 5.44. The Morgan fingerprint density at radius 1 is 1.47 bits per heavy atom. The Morgan fingerprint density at radius 2 is 2.13 bits per heavy atom. The summed E-state index contributed by atoms with van der Waals surface area (Å²) in [5.74, 6) is 4.46. The van der Waals surface area contributed by atoms with Crippen molar-refractivity contribution in [1.29, 1.82) is 0 Å². The van der Waals surface area contributed by atoms with E-state index in [1.807, 2.05) is 0 Å². The van der Waals surface area contributed by atoms with Crippen molar-refractivity contribution < 1.29 is 9.59 Å². The molecule has 0 aromatic heterocycles. The van der Waals surface area contributed by atoms with Gasteiger partial charge < -0.3 is 16.9 Å². The van der Waals surface area contributed by atoms with E-state index < -0.39 is 11.9 Å². The first kappa shape index (κ1) is 11.6. The smallest absolute Gasteiger partial charge is 0.321 e. The summed E-state index contributed by atoms with van der Waals surface area (Å²) in [6, 6.07) is -0.243. The summed E-state index contributed by atoms with van der Waals surface area (Å²) < 4.78 is 0. The molecular weight excluding hydrogens is 218 g/mol. The molecule has 1 saturated carbocycles. The number of imide groups is 1. The maximum Gasteiger partial charge on any atom is 0.321 e. The third-order valence-corrected chi connectivity index (χ3v) is 2.45. The minimum atomic E-state index is -0.466. The van der Waals surface area contributed by atoms with E-state index in [-0.39, 0.29) is 17.0 Å². The van der Waals surface area contributed by atoms with Crippen LogP contribution in [0.1, 0.15) is 12.8 Å². The van der Waals surface area contributed by atoms with Crippen molar-refractivity contribution in [1.82, 2.24) is 10.6 Å². The predicted octanol–water partition coefficient (Wildman–Crippen LogP) is -1.10. The van der Waals surface area contributed by atoms with Gasteiger partial charge in [-0.3, -0.25) is 10.1 Å². The fourth-order valence-corrected chi connectivity index (χ4v) is 1.21. The van der Waals surface area contributed by atoms with Crippen LogP contribution in [-0.4, -0.2) is 28.9 Å². The molecule has 0 aliphatic heterocycles. The number of hydrazone groups is 1. The average molecular weight is 231 g/mol. The number of thioether (sulfide) groups is 1. The lowest BCUT2D eigenvalue weighted by atomic mass is 10.6. The molecule has 7 nitrogen and oxygen atoms in total. The highest BCUT2D eigenvalue weighted by molar-refractivity contribution is 8.14. The highest BCUT2D eigenvalue weighted by atomic mass is 32.2. The summed E-state index contributed by atoms with van der Waals surface area (Å²) in [5.41, 5.74) is 5.25. The Labute approximate surface area is 91.0 Å². The Kier molecular flexibility index (Phi) is 4.22. The van der Waals surface area contributed by atoms with Gasteiger partial charge in [-0.25, -0.2) is 4.79 Å². The minimum Gasteiger partial charge on any atom is -0.377 e. The summed E-state index contributed by atoms with van der Waals surface area (Å²) in [7, 11) is 0. The van der Waals surface area contributed by atoms with Gasteiger partial charge in [0.25, 0.3) is 0 Å². The van der Waals surface area contributed by atoms with Gasteiger partial charge in [0.2, 0.25) is 5.91 Å². The van der Waals surface area contributed by atoms with Crippen LogP contribution in [0.3, 0.4) is 0 Å². The van der Waals surface area contributed by atoms with Gasteiger partial charge in [0.15, 0.2) is 5.17 Å². The van der Waals surface area contributed by atoms with Crippen LogP contribution in [-0.2, 0) is 4.79 Å². The van der Waals surface area contributed by atoms with Crippen LogP contribution in [0.15, 0.2) is 5.10 Å². The summed E-state index contributed by atoms with van der Waals surface area (Å²) in [4.78, 5) is 22.2. The summed E-state index contributed by atoms with van der Waals surface area (Å²) in [6.45, 7) is 0. The van der Waals surface area contributed by atoms with Gasteiger partial charge in [-0.15, -0.1) is 0 Å². The van der Waals surface area contributed by atoms with Crippen LogP contribution in [0.4, 0.5) is 4.79 Å². The Morgan fingerprint density at radius 3 is 2.67 bits per heavy atom. The highest BCUT2D eigenvalue weighted by Crippen LogP contribution is 2.18. The average Bonchev–Trinajstić information content (AvgIpc) is 2.97. The molecule has 1 rings (SSSR count). The zero-order valence-corrected chi connectivity index (χ0v) is 8.84. The molecule has 3 amide bonds. The quantitative estimate of drug-likeness (QED) is 0.212. The molecule has 6 N–H and O–H groups in total. The number of carbonyl (C=O) groups excluding carboxylic acids is 2. The molecule has 1 aliphatic rings. The maximum atomic E-state index is 11.1. The van der Waals surface area contributed by atoms with Crippen LogP contribution in [0.2, 0.25) is 0 Å². The van der Waals surface area contributed by atoms with E-state index in [4.69, 9.17) is 11.6 Å². The predicted molar refractivity (Wildman–Crippen MR) is 58.0 cm³/mol. The lowest BCUT2D eigenvalue weighted by Gasteiger charge is -2.04. The van der Waals surface area contributed by atoms with E-state index in [2.05, 4.69) is 15.7 Å². The van der Waals surface area contributed by atoms with Gasteiger partial charge in [-0.2, -0.15) is 5.10 Å². The molecule has 0 heterocycles. The molecule has 8 heteroatoms. The number of carbonyl (C=O) groups is 2. The molecule has 1 fully saturated rings. The van der Waals surface area contributed by atoms with E-state index in [0.717, 1.165) is 24.6 Å². The molecule has 0 spiro atoms. The SMILES string of the molecule is NN=C(N)SCC(=O)NC(=O)NC1CC1. The van der Waals surface area contributed by atoms with Crippen LogP contribution in [0.5, 0.6) is 0 Å². The fraction of sp³-hybridized carbons (Fsp3) is 0.571. The topological polar surface area (TPSA) is 123 Å². The number of amides is 3. The number of hydrogen-bond donors (Lipinski definition) is 4. The van der Waals surface area contributed by atoms with Gasteiger partial charge in [0.05, 0.1) is 5.75 Å². The molecule has 0 atom stereocenters. The van der Waals surface area contributed by atoms with Gasteiger partial charge in [-0.05, 0) is 12.8 Å². The van der Waals surface area contributed by atoms with Crippen molar-refractivity contribution in [2.45, 2.75) is 18.9 Å². The van der Waals surface area contributed by atoms with Crippen molar-refractivity contribution >= 4 is 28.9 Å². The Balaban J connectivity index is 2.14. The summed E-state index contributed by atoms with van der Waals surface area (Å²) in [5, 5.41) is 8.07. The van der Waals surface area contributed by atoms with Gasteiger partial charge in [-0.1, -0.05) is 11.8 Å². The largest absolute Gasteiger partial charge is 0.377 e. The third-order valence-electron chi connectivity index (χ3n) is 1.64. The Bertz CT molecular complexity index is 289. The van der Waals surface area contributed by atoms with Crippen molar-refractivity contribution in [3.8, 4) is 0 Å². The second-order valence-corrected chi connectivity index (χ2v) is 4.05. The first-order valence-corrected chi connectivity index (χ1v) is 5.37. The monoisotopic (exact) mass is 231 g/mol. The maximum absolute atomic E-state index is 11.1. The lowest BCUT2D eigenvalue weighted by molar-refractivity contribution is -0.117.